The monoisotopic (exact) mass is 1400 g/mol. The van der Waals surface area contributed by atoms with Crippen LogP contribution in [0.4, 0.5) is 0 Å². The zero-order valence-electron chi connectivity index (χ0n) is 65.7. The lowest BCUT2D eigenvalue weighted by Crippen LogP contribution is -2.44. The summed E-state index contributed by atoms with van der Waals surface area (Å²) in [6.07, 6.45) is 118. The smallest absolute Gasteiger partial charge is 0.306 e. The summed E-state index contributed by atoms with van der Waals surface area (Å²) in [7, 11) is 5.94. The highest BCUT2D eigenvalue weighted by molar-refractivity contribution is 5.70. The van der Waals surface area contributed by atoms with Crippen molar-refractivity contribution in [3.8, 4) is 0 Å². The summed E-state index contributed by atoms with van der Waals surface area (Å²) in [5.41, 5.74) is 0. The maximum absolute atomic E-state index is 13.0. The topological polar surface area (TPSA) is 111 Å². The lowest BCUT2D eigenvalue weighted by molar-refractivity contribution is -0.870. The third-order valence-corrected chi connectivity index (χ3v) is 17.5. The molecule has 9 heteroatoms. The van der Waals surface area contributed by atoms with E-state index in [1.165, 1.54) is 173 Å². The Bertz CT molecular complexity index is 2280. The fraction of sp³-hybridized carbons (Fsp3) is 0.663. The van der Waals surface area contributed by atoms with Gasteiger partial charge in [0.2, 0.25) is 0 Å². The molecular weight excluding hydrogens is 1250 g/mol. The van der Waals surface area contributed by atoms with E-state index in [4.69, 9.17) is 18.9 Å². The summed E-state index contributed by atoms with van der Waals surface area (Å²) in [5, 5.41) is 11.9. The number of allylic oxidation sites excluding steroid dienone is 28. The molecule has 0 saturated heterocycles. The van der Waals surface area contributed by atoms with Gasteiger partial charge in [0.25, 0.3) is 0 Å². The van der Waals surface area contributed by atoms with Crippen molar-refractivity contribution in [1.29, 1.82) is 0 Å². The molecule has 0 aromatic carbocycles. The summed E-state index contributed by atoms with van der Waals surface area (Å²) in [4.78, 5) is 37.7. The van der Waals surface area contributed by atoms with Crippen LogP contribution in [0.1, 0.15) is 335 Å². The van der Waals surface area contributed by atoms with Gasteiger partial charge in [-0.3, -0.25) is 9.59 Å². The Morgan fingerprint density at radius 3 is 0.792 bits per heavy atom. The highest BCUT2D eigenvalue weighted by Crippen LogP contribution is 2.18. The van der Waals surface area contributed by atoms with E-state index in [2.05, 4.69) is 184 Å². The number of hydrogen-bond acceptors (Lipinski definition) is 8. The van der Waals surface area contributed by atoms with Gasteiger partial charge in [-0.2, -0.15) is 0 Å². The number of ether oxygens (including phenoxy) is 4. The van der Waals surface area contributed by atoms with Gasteiger partial charge in [0.1, 0.15) is 13.2 Å². The highest BCUT2D eigenvalue weighted by atomic mass is 16.7. The molecule has 0 aromatic rings. The van der Waals surface area contributed by atoms with Crippen LogP contribution in [0.2, 0.25) is 0 Å². The number of carbonyl (C=O) groups excluding carboxylic acids is 3. The Balaban J connectivity index is 4.04. The molecule has 2 unspecified atom stereocenters. The van der Waals surface area contributed by atoms with E-state index < -0.39 is 24.3 Å². The van der Waals surface area contributed by atoms with E-state index in [0.717, 1.165) is 128 Å². The molecule has 0 rings (SSSR count). The van der Waals surface area contributed by atoms with Gasteiger partial charge in [-0.1, -0.05) is 364 Å². The van der Waals surface area contributed by atoms with Crippen molar-refractivity contribution in [3.63, 3.8) is 0 Å². The zero-order chi connectivity index (χ0) is 73.2. The molecule has 0 aliphatic carbocycles. The molecular formula is C92H153NO8. The Labute approximate surface area is 622 Å². The SMILES string of the molecule is CC/C=C\C/C=C\C/C=C\C/C=C\C/C=C\C/C=C\C/C=C\C/C=C\CCCCCCCCCCCCCCCCC(=O)OC(COC(=O)CCCCCCCCCCCCCCCCCCCC/C=C\C/C=C\C/C=C\C/C=C\C/C=C\C/C=C\CC)COC(OCC[N+](C)(C)C)C(=O)[O-]. The minimum Gasteiger partial charge on any atom is -0.545 e. The molecule has 0 fully saturated rings. The fourth-order valence-corrected chi connectivity index (χ4v) is 11.3. The summed E-state index contributed by atoms with van der Waals surface area (Å²) >= 11 is 0. The summed E-state index contributed by atoms with van der Waals surface area (Å²) < 4.78 is 22.9. The number of unbranched alkanes of at least 4 members (excludes halogenated alkanes) is 32. The van der Waals surface area contributed by atoms with Crippen LogP contribution in [0.25, 0.3) is 0 Å². The molecule has 0 amide bonds. The molecule has 2 atom stereocenters. The van der Waals surface area contributed by atoms with E-state index >= 15 is 0 Å². The molecule has 0 aromatic heterocycles. The van der Waals surface area contributed by atoms with Gasteiger partial charge in [0, 0.05) is 12.8 Å². The van der Waals surface area contributed by atoms with Crippen molar-refractivity contribution in [1.82, 2.24) is 0 Å². The van der Waals surface area contributed by atoms with E-state index in [9.17, 15) is 19.5 Å². The molecule has 574 valence electrons. The number of aliphatic carboxylic acids is 1. The van der Waals surface area contributed by atoms with E-state index in [1.54, 1.807) is 0 Å². The predicted octanol–water partition coefficient (Wildman–Crippen LogP) is 25.6. The van der Waals surface area contributed by atoms with Crippen molar-refractivity contribution in [2.45, 2.75) is 347 Å². The first-order valence-corrected chi connectivity index (χ1v) is 41.3. The average Bonchev–Trinajstić information content (AvgIpc) is 1.21. The number of carboxylic acid groups (broad SMARTS) is 1. The minimum atomic E-state index is -1.63. The molecule has 9 nitrogen and oxygen atoms in total. The lowest BCUT2D eigenvalue weighted by atomic mass is 10.0. The largest absolute Gasteiger partial charge is 0.545 e. The van der Waals surface area contributed by atoms with Crippen LogP contribution >= 0.6 is 0 Å². The van der Waals surface area contributed by atoms with Crippen LogP contribution in [0.5, 0.6) is 0 Å². The standard InChI is InChI=1S/C92H153NO8/c1-6-8-10-12-14-16-18-20-22-24-26-28-30-32-34-36-38-40-42-44-45-47-49-51-53-55-57-59-61-63-65-67-69-71-73-75-77-79-81-83-90(95)101-88(87-100-92(91(96)97)98-85-84-93(3,4)5)86-99-89(94)82-80-78-76-74-72-70-68-66-64-62-60-58-56-54-52-50-48-46-43-41-39-37-35-33-31-29-27-25-23-21-19-17-15-13-11-9-7-2/h8-11,14-17,20-23,26-29,32-35,38-41,44-45,49,51,88,92H,6-7,12-13,18-19,24-25,30-31,36-37,42-43,46-48,50,52-87H2,1-5H3/b10-8-,11-9-,16-14-,17-15-,22-20-,23-21-,28-26-,29-27-,34-32-,35-33-,40-38-,41-39-,45-44-,51-49-. The van der Waals surface area contributed by atoms with Crippen molar-refractivity contribution in [2.75, 3.05) is 47.5 Å². The third kappa shape index (κ3) is 81.8. The van der Waals surface area contributed by atoms with Crippen molar-refractivity contribution in [3.05, 3.63) is 170 Å². The maximum atomic E-state index is 13.0. The zero-order valence-corrected chi connectivity index (χ0v) is 65.7. The van der Waals surface area contributed by atoms with Crippen LogP contribution in [-0.4, -0.2) is 82.3 Å². The van der Waals surface area contributed by atoms with Gasteiger partial charge in [-0.05, 0) is 128 Å². The fourth-order valence-electron chi connectivity index (χ4n) is 11.3. The molecule has 0 aliphatic heterocycles. The first-order chi connectivity index (χ1) is 49.6. The second-order valence-corrected chi connectivity index (χ2v) is 28.3. The predicted molar refractivity (Wildman–Crippen MR) is 435 cm³/mol. The van der Waals surface area contributed by atoms with Gasteiger partial charge in [0.05, 0.1) is 40.3 Å². The summed E-state index contributed by atoms with van der Waals surface area (Å²) in [5.74, 6) is -2.28. The number of likely N-dealkylation sites (N-methyl/N-ethyl adjacent to an activating group) is 1. The van der Waals surface area contributed by atoms with Gasteiger partial charge in [-0.25, -0.2) is 0 Å². The van der Waals surface area contributed by atoms with Crippen molar-refractivity contribution < 1.29 is 42.9 Å². The first-order valence-electron chi connectivity index (χ1n) is 41.3. The minimum absolute atomic E-state index is 0.143. The second-order valence-electron chi connectivity index (χ2n) is 28.3. The van der Waals surface area contributed by atoms with Crippen molar-refractivity contribution in [2.24, 2.45) is 0 Å². The molecule has 0 spiro atoms. The molecule has 0 bridgehead atoms. The number of hydrogen-bond donors (Lipinski definition) is 0. The van der Waals surface area contributed by atoms with Gasteiger partial charge >= 0.3 is 11.9 Å². The number of carboxylic acids is 1. The van der Waals surface area contributed by atoms with Crippen LogP contribution < -0.4 is 5.11 Å². The third-order valence-electron chi connectivity index (χ3n) is 17.5. The number of quaternary nitrogens is 1. The molecule has 0 saturated carbocycles. The Hall–Kier alpha value is -5.35. The first kappa shape index (κ1) is 95.6. The second kappa shape index (κ2) is 80.3. The van der Waals surface area contributed by atoms with E-state index in [-0.39, 0.29) is 38.6 Å². The number of carbonyl (C=O) groups is 3. The van der Waals surface area contributed by atoms with Crippen molar-refractivity contribution >= 4 is 17.9 Å². The Morgan fingerprint density at radius 2 is 0.535 bits per heavy atom. The quantitative estimate of drug-likeness (QED) is 0.0195. The normalized spacial score (nSPS) is 13.6. The Morgan fingerprint density at radius 1 is 0.297 bits per heavy atom. The highest BCUT2D eigenvalue weighted by Gasteiger charge is 2.22. The number of esters is 2. The summed E-state index contributed by atoms with van der Waals surface area (Å²) in [6.45, 7) is 4.54. The number of rotatable bonds is 75. The maximum Gasteiger partial charge on any atom is 0.306 e. The molecule has 0 heterocycles. The van der Waals surface area contributed by atoms with E-state index in [0.29, 0.717) is 17.4 Å². The molecule has 0 N–H and O–H groups in total. The molecule has 101 heavy (non-hydrogen) atoms. The van der Waals surface area contributed by atoms with E-state index in [1.807, 2.05) is 21.1 Å². The average molecular weight is 1400 g/mol. The lowest BCUT2D eigenvalue weighted by Gasteiger charge is -2.26. The molecule has 0 radical (unpaired) electrons. The van der Waals surface area contributed by atoms with Crippen LogP contribution in [-0.2, 0) is 33.3 Å². The van der Waals surface area contributed by atoms with Crippen LogP contribution in [0, 0.1) is 0 Å². The molecule has 0 aliphatic rings. The summed E-state index contributed by atoms with van der Waals surface area (Å²) in [6, 6.07) is 0. The van der Waals surface area contributed by atoms with Crippen LogP contribution in [0.15, 0.2) is 170 Å². The Kier molecular flexibility index (Phi) is 76.1. The van der Waals surface area contributed by atoms with Crippen LogP contribution in [0.3, 0.4) is 0 Å². The van der Waals surface area contributed by atoms with Gasteiger partial charge in [-0.15, -0.1) is 0 Å². The van der Waals surface area contributed by atoms with Gasteiger partial charge in [0.15, 0.2) is 12.4 Å². The van der Waals surface area contributed by atoms with Gasteiger partial charge < -0.3 is 33.3 Å². The number of nitrogens with zero attached hydrogens (tertiary/aromatic N) is 1.